The highest BCUT2D eigenvalue weighted by atomic mass is 127. The van der Waals surface area contributed by atoms with Crippen LogP contribution in [-0.2, 0) is 14.3 Å². The number of carbonyl (C=O) groups excluding carboxylic acids is 3. The van der Waals surface area contributed by atoms with Gasteiger partial charge in [0.2, 0.25) is 0 Å². The minimum atomic E-state index is -0.974. The fraction of sp³-hybridized carbons (Fsp3) is 0.389. The third-order valence-corrected chi connectivity index (χ3v) is 5.36. The lowest BCUT2D eigenvalue weighted by Gasteiger charge is -2.19. The van der Waals surface area contributed by atoms with E-state index >= 15 is 0 Å². The lowest BCUT2D eigenvalue weighted by atomic mass is 10.1. The molecule has 1 atom stereocenters. The number of esters is 1. The van der Waals surface area contributed by atoms with Crippen molar-refractivity contribution < 1.29 is 28.6 Å². The van der Waals surface area contributed by atoms with Gasteiger partial charge in [0.05, 0.1) is 28.8 Å². The molecular formula is C18H20INO6S. The normalized spacial score (nSPS) is 16.6. The maximum absolute atomic E-state index is 12.6. The number of thioether (sulfide) groups is 1. The summed E-state index contributed by atoms with van der Waals surface area (Å²) in [6.45, 7) is 5.64. The molecule has 0 bridgehead atoms. The molecule has 146 valence electrons. The average Bonchev–Trinajstić information content (AvgIpc) is 2.88. The summed E-state index contributed by atoms with van der Waals surface area (Å²) in [7, 11) is 1.56. The van der Waals surface area contributed by atoms with Crippen LogP contribution in [0.15, 0.2) is 17.0 Å². The Kier molecular flexibility index (Phi) is 7.54. The zero-order valence-electron chi connectivity index (χ0n) is 15.4. The van der Waals surface area contributed by atoms with Crippen molar-refractivity contribution in [3.05, 3.63) is 26.2 Å². The summed E-state index contributed by atoms with van der Waals surface area (Å²) in [6.07, 6.45) is 1.60. The lowest BCUT2D eigenvalue weighted by Crippen LogP contribution is -2.42. The summed E-state index contributed by atoms with van der Waals surface area (Å²) < 4.78 is 16.7. The Labute approximate surface area is 175 Å². The minimum absolute atomic E-state index is 0.180. The second kappa shape index (κ2) is 9.45. The summed E-state index contributed by atoms with van der Waals surface area (Å²) in [5, 5.41) is -0.500. The largest absolute Gasteiger partial charge is 0.492 e. The molecule has 1 aromatic carbocycles. The number of halogens is 1. The number of methoxy groups -OCH3 is 1. The van der Waals surface area contributed by atoms with Gasteiger partial charge in [-0.25, -0.2) is 4.79 Å². The number of imide groups is 1. The maximum Gasteiger partial charge on any atom is 0.329 e. The number of nitrogens with zero attached hydrogens (tertiary/aromatic N) is 1. The number of benzene rings is 1. The van der Waals surface area contributed by atoms with Gasteiger partial charge < -0.3 is 14.2 Å². The first kappa shape index (κ1) is 21.5. The van der Waals surface area contributed by atoms with Gasteiger partial charge in [-0.1, -0.05) is 0 Å². The smallest absolute Gasteiger partial charge is 0.329 e. The highest BCUT2D eigenvalue weighted by Crippen LogP contribution is 2.37. The zero-order valence-corrected chi connectivity index (χ0v) is 18.4. The number of ether oxygens (including phenoxy) is 3. The predicted octanol–water partition coefficient (Wildman–Crippen LogP) is 3.69. The molecule has 0 saturated carbocycles. The molecule has 0 unspecified atom stereocenters. The van der Waals surface area contributed by atoms with Crippen LogP contribution in [0.2, 0.25) is 0 Å². The first-order valence-corrected chi connectivity index (χ1v) is 10.2. The quantitative estimate of drug-likeness (QED) is 0.318. The third kappa shape index (κ3) is 4.75. The standard InChI is InChI=1S/C18H20INO6S/c1-5-25-13-8-11(7-12(19)15(13)24-4)9-14-16(21)20(18(23)27-14)10(3)17(22)26-6-2/h7-10H,5-6H2,1-4H3/b14-9+/t10-/m1/s1. The van der Waals surface area contributed by atoms with Crippen molar-refractivity contribution in [3.63, 3.8) is 0 Å². The Morgan fingerprint density at radius 2 is 2.00 bits per heavy atom. The van der Waals surface area contributed by atoms with Crippen LogP contribution in [0.1, 0.15) is 26.3 Å². The van der Waals surface area contributed by atoms with Crippen molar-refractivity contribution in [1.82, 2.24) is 4.90 Å². The van der Waals surface area contributed by atoms with E-state index in [2.05, 4.69) is 22.6 Å². The van der Waals surface area contributed by atoms with Gasteiger partial charge in [-0.15, -0.1) is 0 Å². The molecule has 1 aromatic rings. The van der Waals surface area contributed by atoms with Crippen LogP contribution in [0.25, 0.3) is 6.08 Å². The lowest BCUT2D eigenvalue weighted by molar-refractivity contribution is -0.150. The first-order valence-electron chi connectivity index (χ1n) is 8.28. The molecule has 1 aliphatic heterocycles. The highest BCUT2D eigenvalue weighted by Gasteiger charge is 2.41. The molecule has 1 heterocycles. The van der Waals surface area contributed by atoms with Crippen molar-refractivity contribution in [1.29, 1.82) is 0 Å². The van der Waals surface area contributed by atoms with E-state index in [1.54, 1.807) is 26.2 Å². The van der Waals surface area contributed by atoms with Crippen molar-refractivity contribution in [3.8, 4) is 11.5 Å². The topological polar surface area (TPSA) is 82.1 Å². The molecule has 0 spiro atoms. The van der Waals surface area contributed by atoms with Gasteiger partial charge in [-0.05, 0) is 78.9 Å². The second-order valence-corrected chi connectivity index (χ2v) is 7.60. The van der Waals surface area contributed by atoms with E-state index in [4.69, 9.17) is 14.2 Å². The Morgan fingerprint density at radius 3 is 2.59 bits per heavy atom. The van der Waals surface area contributed by atoms with E-state index in [9.17, 15) is 14.4 Å². The summed E-state index contributed by atoms with van der Waals surface area (Å²) in [4.78, 5) is 37.9. The third-order valence-electron chi connectivity index (χ3n) is 3.67. The van der Waals surface area contributed by atoms with Crippen molar-refractivity contribution >= 4 is 57.5 Å². The van der Waals surface area contributed by atoms with Gasteiger partial charge in [0.15, 0.2) is 11.5 Å². The van der Waals surface area contributed by atoms with Crippen LogP contribution < -0.4 is 9.47 Å². The fourth-order valence-electron chi connectivity index (χ4n) is 2.47. The highest BCUT2D eigenvalue weighted by molar-refractivity contribution is 14.1. The molecular weight excluding hydrogens is 485 g/mol. The number of carbonyl (C=O) groups is 3. The Bertz CT molecular complexity index is 794. The van der Waals surface area contributed by atoms with E-state index < -0.39 is 23.2 Å². The first-order chi connectivity index (χ1) is 12.8. The van der Waals surface area contributed by atoms with E-state index in [-0.39, 0.29) is 11.5 Å². The van der Waals surface area contributed by atoms with Crippen molar-refractivity contribution in [2.45, 2.75) is 26.8 Å². The molecule has 0 radical (unpaired) electrons. The molecule has 9 heteroatoms. The van der Waals surface area contributed by atoms with Crippen molar-refractivity contribution in [2.24, 2.45) is 0 Å². The SMILES string of the molecule is CCOC(=O)[C@@H](C)N1C(=O)S/C(=C/c2cc(I)c(OC)c(OCC)c2)C1=O. The number of amides is 2. The molecule has 27 heavy (non-hydrogen) atoms. The van der Waals surface area contributed by atoms with Crippen molar-refractivity contribution in [2.75, 3.05) is 20.3 Å². The molecule has 1 saturated heterocycles. The van der Waals surface area contributed by atoms with Gasteiger partial charge in [-0.2, -0.15) is 0 Å². The Balaban J connectivity index is 2.34. The molecule has 0 aliphatic carbocycles. The van der Waals surface area contributed by atoms with Crippen LogP contribution in [0.3, 0.4) is 0 Å². The van der Waals surface area contributed by atoms with Crippen LogP contribution in [0.5, 0.6) is 11.5 Å². The summed E-state index contributed by atoms with van der Waals surface area (Å²) >= 11 is 2.91. The molecule has 7 nitrogen and oxygen atoms in total. The summed E-state index contributed by atoms with van der Waals surface area (Å²) in [5.41, 5.74) is 0.693. The second-order valence-electron chi connectivity index (χ2n) is 5.45. The van der Waals surface area contributed by atoms with Crippen LogP contribution in [0.4, 0.5) is 4.79 Å². The van der Waals surface area contributed by atoms with Gasteiger partial charge in [0.1, 0.15) is 6.04 Å². The van der Waals surface area contributed by atoms with E-state index in [1.165, 1.54) is 6.92 Å². The Hall–Kier alpha value is -1.75. The van der Waals surface area contributed by atoms with Crippen LogP contribution in [-0.4, -0.2) is 48.4 Å². The number of rotatable bonds is 7. The Morgan fingerprint density at radius 1 is 1.30 bits per heavy atom. The van der Waals surface area contributed by atoms with Gasteiger partial charge in [-0.3, -0.25) is 14.5 Å². The minimum Gasteiger partial charge on any atom is -0.492 e. The zero-order chi connectivity index (χ0) is 20.1. The summed E-state index contributed by atoms with van der Waals surface area (Å²) in [5.74, 6) is 0.0314. The molecule has 1 fully saturated rings. The molecule has 1 aliphatic rings. The monoisotopic (exact) mass is 505 g/mol. The van der Waals surface area contributed by atoms with E-state index in [1.807, 2.05) is 13.0 Å². The van der Waals surface area contributed by atoms with Gasteiger partial charge >= 0.3 is 5.97 Å². The number of hydrogen-bond acceptors (Lipinski definition) is 7. The van der Waals surface area contributed by atoms with Gasteiger partial charge in [0, 0.05) is 0 Å². The molecule has 2 rings (SSSR count). The average molecular weight is 505 g/mol. The molecule has 0 aromatic heterocycles. The number of hydrogen-bond donors (Lipinski definition) is 0. The van der Waals surface area contributed by atoms with Crippen LogP contribution >= 0.6 is 34.4 Å². The molecule has 2 amide bonds. The maximum atomic E-state index is 12.6. The molecule has 0 N–H and O–H groups in total. The predicted molar refractivity (Wildman–Crippen MR) is 111 cm³/mol. The fourth-order valence-corrected chi connectivity index (χ4v) is 4.22. The van der Waals surface area contributed by atoms with E-state index in [0.717, 1.165) is 20.2 Å². The van der Waals surface area contributed by atoms with Crippen LogP contribution in [0, 0.1) is 3.57 Å². The van der Waals surface area contributed by atoms with E-state index in [0.29, 0.717) is 23.7 Å². The van der Waals surface area contributed by atoms with Gasteiger partial charge in [0.25, 0.3) is 11.1 Å². The summed E-state index contributed by atoms with van der Waals surface area (Å²) in [6, 6.07) is 2.59.